The van der Waals surface area contributed by atoms with Crippen molar-refractivity contribution in [3.63, 3.8) is 0 Å². The smallest absolute Gasteiger partial charge is 0.328 e. The number of nitrogen functional groups attached to an aromatic ring is 2. The summed E-state index contributed by atoms with van der Waals surface area (Å²) < 4.78 is 9.94. The molecule has 1 aromatic carbocycles. The molecule has 3 aromatic rings. The van der Waals surface area contributed by atoms with Crippen molar-refractivity contribution in [1.82, 2.24) is 25.3 Å². The van der Waals surface area contributed by atoms with Gasteiger partial charge in [0.1, 0.15) is 6.04 Å². The summed E-state index contributed by atoms with van der Waals surface area (Å²) in [5, 5.41) is 2.66. The Bertz CT molecular complexity index is 1270. The van der Waals surface area contributed by atoms with Gasteiger partial charge >= 0.3 is 11.9 Å². The molecule has 0 aliphatic rings. The summed E-state index contributed by atoms with van der Waals surface area (Å²) in [5.74, 6) is -1.29. The molecule has 0 aliphatic carbocycles. The third-order valence-electron chi connectivity index (χ3n) is 5.55. The van der Waals surface area contributed by atoms with Gasteiger partial charge in [0.25, 0.3) is 5.91 Å². The van der Waals surface area contributed by atoms with Gasteiger partial charge in [0.2, 0.25) is 5.95 Å². The average molecular weight is 510 g/mol. The first-order valence-corrected chi connectivity index (χ1v) is 12.0. The van der Waals surface area contributed by atoms with Crippen molar-refractivity contribution in [2.45, 2.75) is 52.0 Å². The van der Waals surface area contributed by atoms with E-state index < -0.39 is 23.9 Å². The molecule has 3 rings (SSSR count). The van der Waals surface area contributed by atoms with E-state index in [4.69, 9.17) is 20.9 Å². The monoisotopic (exact) mass is 509 g/mol. The molecule has 0 bridgehead atoms. The van der Waals surface area contributed by atoms with Crippen LogP contribution in [0.5, 0.6) is 0 Å². The third-order valence-corrected chi connectivity index (χ3v) is 5.55. The van der Waals surface area contributed by atoms with Gasteiger partial charge in [-0.3, -0.25) is 9.59 Å². The Labute approximate surface area is 214 Å². The quantitative estimate of drug-likeness (QED) is 0.321. The Morgan fingerprint density at radius 3 is 2.38 bits per heavy atom. The van der Waals surface area contributed by atoms with Crippen molar-refractivity contribution >= 4 is 40.8 Å². The Balaban J connectivity index is 1.65. The second-order valence-electron chi connectivity index (χ2n) is 8.36. The van der Waals surface area contributed by atoms with Crippen LogP contribution in [0, 0.1) is 0 Å². The van der Waals surface area contributed by atoms with Crippen LogP contribution in [-0.4, -0.2) is 57.0 Å². The number of amides is 1. The number of nitrogens with zero attached hydrogens (tertiary/aromatic N) is 4. The summed E-state index contributed by atoms with van der Waals surface area (Å²) in [4.78, 5) is 53.6. The number of nitrogens with one attached hydrogen (secondary N) is 1. The highest BCUT2D eigenvalue weighted by atomic mass is 16.5. The van der Waals surface area contributed by atoms with Gasteiger partial charge in [-0.2, -0.15) is 9.97 Å². The van der Waals surface area contributed by atoms with Crippen LogP contribution in [0.25, 0.3) is 11.2 Å². The van der Waals surface area contributed by atoms with E-state index in [1.165, 1.54) is 0 Å². The van der Waals surface area contributed by atoms with E-state index in [2.05, 4.69) is 25.3 Å². The van der Waals surface area contributed by atoms with Crippen LogP contribution in [0.15, 0.2) is 30.5 Å². The maximum absolute atomic E-state index is 12.8. The highest BCUT2D eigenvalue weighted by Crippen LogP contribution is 2.22. The molecule has 2 heterocycles. The SMILES string of the molecule is CCOC(=O)CCC(NC(=O)c1ccc(CC(C)c2cnc3nc(N)nc(N)c3n2)cc1)C(=O)OCC. The number of carbonyl (C=O) groups excluding carboxylic acids is 3. The number of ether oxygens (including phenoxy) is 2. The van der Waals surface area contributed by atoms with Crippen molar-refractivity contribution in [3.05, 3.63) is 47.3 Å². The molecule has 0 fully saturated rings. The standard InChI is InChI=1S/C25H31N7O5/c1-4-36-19(33)11-10-17(24(35)37-5-2)30-23(34)16-8-6-15(7-9-16)12-14(3)18-13-28-22-20(29-18)21(26)31-25(27)32-22/h6-9,13-14,17H,4-5,10-12H2,1-3H3,(H,30,34)(H4,26,27,28,31,32). The first-order chi connectivity index (χ1) is 17.7. The summed E-state index contributed by atoms with van der Waals surface area (Å²) in [6.45, 7) is 5.77. The molecule has 2 atom stereocenters. The van der Waals surface area contributed by atoms with Crippen LogP contribution >= 0.6 is 0 Å². The minimum Gasteiger partial charge on any atom is -0.466 e. The van der Waals surface area contributed by atoms with E-state index in [9.17, 15) is 14.4 Å². The number of nitrogens with two attached hydrogens (primary N) is 2. The summed E-state index contributed by atoms with van der Waals surface area (Å²) in [5.41, 5.74) is 14.3. The lowest BCUT2D eigenvalue weighted by atomic mass is 9.97. The summed E-state index contributed by atoms with van der Waals surface area (Å²) in [7, 11) is 0. The molecule has 0 aliphatic heterocycles. The molecular formula is C25H31N7O5. The lowest BCUT2D eigenvalue weighted by molar-refractivity contribution is -0.146. The lowest BCUT2D eigenvalue weighted by Crippen LogP contribution is -2.42. The minimum atomic E-state index is -0.963. The van der Waals surface area contributed by atoms with Crippen molar-refractivity contribution in [1.29, 1.82) is 0 Å². The van der Waals surface area contributed by atoms with Crippen molar-refractivity contribution in [2.24, 2.45) is 0 Å². The summed E-state index contributed by atoms with van der Waals surface area (Å²) >= 11 is 0. The topological polar surface area (TPSA) is 185 Å². The van der Waals surface area contributed by atoms with Gasteiger partial charge in [0.05, 0.1) is 25.1 Å². The predicted molar refractivity (Wildman–Crippen MR) is 136 cm³/mol. The van der Waals surface area contributed by atoms with Crippen molar-refractivity contribution in [2.75, 3.05) is 24.7 Å². The van der Waals surface area contributed by atoms with Crippen LogP contribution in [0.4, 0.5) is 11.8 Å². The highest BCUT2D eigenvalue weighted by Gasteiger charge is 2.24. The number of benzene rings is 1. The Morgan fingerprint density at radius 2 is 1.70 bits per heavy atom. The van der Waals surface area contributed by atoms with Crippen LogP contribution < -0.4 is 16.8 Å². The lowest BCUT2D eigenvalue weighted by Gasteiger charge is -2.17. The molecule has 2 aromatic heterocycles. The third kappa shape index (κ3) is 7.32. The second-order valence-corrected chi connectivity index (χ2v) is 8.36. The molecular weight excluding hydrogens is 478 g/mol. The molecule has 12 nitrogen and oxygen atoms in total. The van der Waals surface area contributed by atoms with Crippen LogP contribution in [0.3, 0.4) is 0 Å². The number of rotatable bonds is 11. The van der Waals surface area contributed by atoms with E-state index >= 15 is 0 Å². The molecule has 5 N–H and O–H groups in total. The van der Waals surface area contributed by atoms with Gasteiger partial charge in [-0.1, -0.05) is 19.1 Å². The van der Waals surface area contributed by atoms with E-state index in [1.807, 2.05) is 19.1 Å². The van der Waals surface area contributed by atoms with Gasteiger partial charge < -0.3 is 26.3 Å². The van der Waals surface area contributed by atoms with Gasteiger partial charge in [-0.25, -0.2) is 14.8 Å². The number of carbonyl (C=O) groups is 3. The molecule has 0 radical (unpaired) electrons. The maximum Gasteiger partial charge on any atom is 0.328 e. The van der Waals surface area contributed by atoms with Crippen molar-refractivity contribution in [3.8, 4) is 0 Å². The Hall–Kier alpha value is -4.35. The van der Waals surface area contributed by atoms with Gasteiger partial charge in [0, 0.05) is 17.9 Å². The number of esters is 2. The zero-order valence-electron chi connectivity index (χ0n) is 21.1. The highest BCUT2D eigenvalue weighted by molar-refractivity contribution is 5.96. The van der Waals surface area contributed by atoms with Crippen molar-refractivity contribution < 1.29 is 23.9 Å². The maximum atomic E-state index is 12.8. The fourth-order valence-corrected chi connectivity index (χ4v) is 3.68. The molecule has 196 valence electrons. The van der Waals surface area contributed by atoms with Gasteiger partial charge in [0.15, 0.2) is 17.0 Å². The predicted octanol–water partition coefficient (Wildman–Crippen LogP) is 1.94. The van der Waals surface area contributed by atoms with E-state index in [0.29, 0.717) is 28.8 Å². The number of hydrogen-bond donors (Lipinski definition) is 3. The average Bonchev–Trinajstić information content (AvgIpc) is 2.86. The normalized spacial score (nSPS) is 12.5. The Kier molecular flexibility index (Phi) is 9.25. The first-order valence-electron chi connectivity index (χ1n) is 12.0. The zero-order valence-corrected chi connectivity index (χ0v) is 21.1. The number of fused-ring (bicyclic) bond motifs is 1. The van der Waals surface area contributed by atoms with Gasteiger partial charge in [-0.15, -0.1) is 0 Å². The minimum absolute atomic E-state index is 0.00963. The second kappa shape index (κ2) is 12.6. The largest absolute Gasteiger partial charge is 0.466 e. The molecule has 0 spiro atoms. The Morgan fingerprint density at radius 1 is 1.00 bits per heavy atom. The van der Waals surface area contributed by atoms with Gasteiger partial charge in [-0.05, 0) is 44.4 Å². The molecule has 0 saturated carbocycles. The van der Waals surface area contributed by atoms with Crippen LogP contribution in [0.1, 0.15) is 61.1 Å². The van der Waals surface area contributed by atoms with E-state index in [1.54, 1.807) is 32.2 Å². The number of hydrogen-bond acceptors (Lipinski definition) is 11. The fourth-order valence-electron chi connectivity index (χ4n) is 3.68. The van der Waals surface area contributed by atoms with E-state index in [-0.39, 0.29) is 43.7 Å². The number of aromatic nitrogens is 4. The fraction of sp³-hybridized carbons (Fsp3) is 0.400. The molecule has 1 amide bonds. The summed E-state index contributed by atoms with van der Waals surface area (Å²) in [6, 6.07) is 6.04. The molecule has 12 heteroatoms. The summed E-state index contributed by atoms with van der Waals surface area (Å²) in [6.07, 6.45) is 2.32. The molecule has 37 heavy (non-hydrogen) atoms. The zero-order chi connectivity index (χ0) is 26.9. The molecule has 0 saturated heterocycles. The number of anilines is 2. The molecule has 2 unspecified atom stereocenters. The van der Waals surface area contributed by atoms with Crippen LogP contribution in [0.2, 0.25) is 0 Å². The van der Waals surface area contributed by atoms with E-state index in [0.717, 1.165) is 5.56 Å². The first kappa shape index (κ1) is 27.2. The van der Waals surface area contributed by atoms with Crippen LogP contribution in [-0.2, 0) is 25.5 Å².